The first-order chi connectivity index (χ1) is 14.3. The lowest BCUT2D eigenvalue weighted by Gasteiger charge is -2.36. The van der Waals surface area contributed by atoms with Crippen molar-refractivity contribution in [3.05, 3.63) is 54.5 Å². The van der Waals surface area contributed by atoms with E-state index in [1.807, 2.05) is 24.4 Å². The van der Waals surface area contributed by atoms with E-state index in [2.05, 4.69) is 38.6 Å². The summed E-state index contributed by atoms with van der Waals surface area (Å²) >= 11 is 0. The quantitative estimate of drug-likeness (QED) is 0.583. The fourth-order valence-corrected chi connectivity index (χ4v) is 4.28. The van der Waals surface area contributed by atoms with Crippen LogP contribution in [0.25, 0.3) is 11.3 Å². The number of imidazole rings is 2. The SMILES string of the molecule is CCCCC1c2nc(-c3ccccc3OC)cn2CCN1CCCc1c[nH]cn1. The number of nitrogens with zero attached hydrogens (tertiary/aromatic N) is 4. The molecule has 0 radical (unpaired) electrons. The molecule has 1 aliphatic heterocycles. The van der Waals surface area contributed by atoms with Gasteiger partial charge in [0.05, 0.1) is 30.9 Å². The van der Waals surface area contributed by atoms with Crippen molar-refractivity contribution in [2.24, 2.45) is 0 Å². The first kappa shape index (κ1) is 19.7. The van der Waals surface area contributed by atoms with E-state index in [1.54, 1.807) is 13.4 Å². The first-order valence-corrected chi connectivity index (χ1v) is 10.7. The summed E-state index contributed by atoms with van der Waals surface area (Å²) < 4.78 is 7.92. The van der Waals surface area contributed by atoms with Crippen molar-refractivity contribution in [2.75, 3.05) is 20.2 Å². The minimum Gasteiger partial charge on any atom is -0.496 e. The summed E-state index contributed by atoms with van der Waals surface area (Å²) in [4.78, 5) is 15.1. The van der Waals surface area contributed by atoms with Gasteiger partial charge in [0.15, 0.2) is 0 Å². The predicted octanol–water partition coefficient (Wildman–Crippen LogP) is 4.46. The molecule has 2 aromatic heterocycles. The summed E-state index contributed by atoms with van der Waals surface area (Å²) in [5, 5.41) is 0. The topological polar surface area (TPSA) is 59.0 Å². The molecule has 1 aliphatic rings. The molecule has 6 nitrogen and oxygen atoms in total. The van der Waals surface area contributed by atoms with Gasteiger partial charge in [0.2, 0.25) is 0 Å². The minimum absolute atomic E-state index is 0.381. The van der Waals surface area contributed by atoms with Crippen LogP contribution in [0.5, 0.6) is 5.75 Å². The van der Waals surface area contributed by atoms with Crippen molar-refractivity contribution in [1.82, 2.24) is 24.4 Å². The van der Waals surface area contributed by atoms with Gasteiger partial charge in [-0.2, -0.15) is 0 Å². The molecule has 4 rings (SSSR count). The Labute approximate surface area is 172 Å². The molecule has 1 atom stereocenters. The van der Waals surface area contributed by atoms with E-state index in [0.717, 1.165) is 61.6 Å². The molecule has 6 heteroatoms. The molecule has 3 aromatic rings. The molecule has 29 heavy (non-hydrogen) atoms. The van der Waals surface area contributed by atoms with E-state index >= 15 is 0 Å². The number of methoxy groups -OCH3 is 1. The van der Waals surface area contributed by atoms with Gasteiger partial charge in [-0.15, -0.1) is 0 Å². The zero-order valence-corrected chi connectivity index (χ0v) is 17.5. The molecular weight excluding hydrogens is 362 g/mol. The Balaban J connectivity index is 1.54. The number of hydrogen-bond acceptors (Lipinski definition) is 4. The number of aryl methyl sites for hydroxylation is 1. The van der Waals surface area contributed by atoms with Crippen molar-refractivity contribution in [3.8, 4) is 17.0 Å². The third kappa shape index (κ3) is 4.37. The number of para-hydroxylation sites is 1. The molecule has 154 valence electrons. The predicted molar refractivity (Wildman–Crippen MR) is 115 cm³/mol. The normalized spacial score (nSPS) is 16.7. The third-order valence-corrected chi connectivity index (χ3v) is 5.82. The van der Waals surface area contributed by atoms with Crippen molar-refractivity contribution >= 4 is 0 Å². The number of ether oxygens (including phenoxy) is 1. The number of hydrogen-bond donors (Lipinski definition) is 1. The number of fused-ring (bicyclic) bond motifs is 1. The Bertz CT molecular complexity index is 902. The second-order valence-corrected chi connectivity index (χ2v) is 7.74. The minimum atomic E-state index is 0.381. The zero-order chi connectivity index (χ0) is 20.1. The molecule has 1 unspecified atom stereocenters. The summed E-state index contributed by atoms with van der Waals surface area (Å²) in [5.41, 5.74) is 3.22. The van der Waals surface area contributed by atoms with Gasteiger partial charge in [0, 0.05) is 31.0 Å². The fraction of sp³-hybridized carbons (Fsp3) is 0.478. The van der Waals surface area contributed by atoms with Crippen LogP contribution in [0.2, 0.25) is 0 Å². The van der Waals surface area contributed by atoms with Gasteiger partial charge in [0.25, 0.3) is 0 Å². The Hall–Kier alpha value is -2.60. The van der Waals surface area contributed by atoms with Gasteiger partial charge in [-0.05, 0) is 37.9 Å². The maximum atomic E-state index is 5.56. The second kappa shape index (κ2) is 9.27. The molecule has 1 aromatic carbocycles. The van der Waals surface area contributed by atoms with E-state index in [9.17, 15) is 0 Å². The Morgan fingerprint density at radius 1 is 1.21 bits per heavy atom. The molecule has 0 amide bonds. The van der Waals surface area contributed by atoms with Crippen LogP contribution in [0, 0.1) is 0 Å². The van der Waals surface area contributed by atoms with Crippen LogP contribution in [0.3, 0.4) is 0 Å². The average Bonchev–Trinajstić information content (AvgIpc) is 3.42. The maximum absolute atomic E-state index is 5.56. The van der Waals surface area contributed by atoms with Crippen LogP contribution in [0.1, 0.15) is 50.2 Å². The number of aromatic nitrogens is 4. The zero-order valence-electron chi connectivity index (χ0n) is 17.5. The maximum Gasteiger partial charge on any atom is 0.128 e. The van der Waals surface area contributed by atoms with Crippen molar-refractivity contribution in [1.29, 1.82) is 0 Å². The lowest BCUT2D eigenvalue weighted by atomic mass is 10.0. The highest BCUT2D eigenvalue weighted by Crippen LogP contribution is 2.34. The third-order valence-electron chi connectivity index (χ3n) is 5.82. The smallest absolute Gasteiger partial charge is 0.128 e. The van der Waals surface area contributed by atoms with Crippen molar-refractivity contribution in [2.45, 2.75) is 51.6 Å². The van der Waals surface area contributed by atoms with Gasteiger partial charge in [-0.1, -0.05) is 31.9 Å². The molecule has 0 bridgehead atoms. The molecule has 1 N–H and O–H groups in total. The Kier molecular flexibility index (Phi) is 6.30. The largest absolute Gasteiger partial charge is 0.496 e. The molecule has 0 saturated heterocycles. The van der Waals surface area contributed by atoms with E-state index in [0.29, 0.717) is 6.04 Å². The highest BCUT2D eigenvalue weighted by Gasteiger charge is 2.29. The van der Waals surface area contributed by atoms with Crippen molar-refractivity contribution in [3.63, 3.8) is 0 Å². The van der Waals surface area contributed by atoms with Crippen LogP contribution < -0.4 is 4.74 Å². The number of benzene rings is 1. The van der Waals surface area contributed by atoms with Gasteiger partial charge in [-0.25, -0.2) is 9.97 Å². The first-order valence-electron chi connectivity index (χ1n) is 10.7. The summed E-state index contributed by atoms with van der Waals surface area (Å²) in [6, 6.07) is 8.53. The summed E-state index contributed by atoms with van der Waals surface area (Å²) in [7, 11) is 1.72. The van der Waals surface area contributed by atoms with E-state index in [1.165, 1.54) is 18.7 Å². The monoisotopic (exact) mass is 393 g/mol. The van der Waals surface area contributed by atoms with Crippen LogP contribution in [-0.2, 0) is 13.0 Å². The lowest BCUT2D eigenvalue weighted by molar-refractivity contribution is 0.140. The average molecular weight is 394 g/mol. The lowest BCUT2D eigenvalue weighted by Crippen LogP contribution is -2.39. The van der Waals surface area contributed by atoms with E-state index in [4.69, 9.17) is 9.72 Å². The standard InChI is InChI=1S/C23H31N5O/c1-3-4-10-21-23-26-20(19-9-5-6-11-22(19)29-2)16-28(23)14-13-27(21)12-7-8-18-15-24-17-25-18/h5-6,9,11,15-17,21H,3-4,7-8,10,12-14H2,1-2H3,(H,24,25). The fourth-order valence-electron chi connectivity index (χ4n) is 4.28. The second-order valence-electron chi connectivity index (χ2n) is 7.74. The molecule has 3 heterocycles. The van der Waals surface area contributed by atoms with Crippen LogP contribution in [0.15, 0.2) is 43.0 Å². The van der Waals surface area contributed by atoms with Gasteiger partial charge in [0.1, 0.15) is 11.6 Å². The number of aromatic amines is 1. The highest BCUT2D eigenvalue weighted by atomic mass is 16.5. The molecule has 0 aliphatic carbocycles. The Morgan fingerprint density at radius 2 is 2.10 bits per heavy atom. The van der Waals surface area contributed by atoms with Crippen LogP contribution >= 0.6 is 0 Å². The van der Waals surface area contributed by atoms with Crippen LogP contribution in [0.4, 0.5) is 0 Å². The molecule has 0 fully saturated rings. The highest BCUT2D eigenvalue weighted by molar-refractivity contribution is 5.66. The van der Waals surface area contributed by atoms with Gasteiger partial charge in [-0.3, -0.25) is 4.90 Å². The number of H-pyrrole nitrogens is 1. The number of rotatable bonds is 9. The van der Waals surface area contributed by atoms with Crippen molar-refractivity contribution < 1.29 is 4.74 Å². The molecule has 0 saturated carbocycles. The van der Waals surface area contributed by atoms with Crippen LogP contribution in [-0.4, -0.2) is 44.6 Å². The van der Waals surface area contributed by atoms with Gasteiger partial charge >= 0.3 is 0 Å². The molecule has 0 spiro atoms. The number of unbranched alkanes of at least 4 members (excludes halogenated alkanes) is 1. The van der Waals surface area contributed by atoms with E-state index < -0.39 is 0 Å². The number of nitrogens with one attached hydrogen (secondary N) is 1. The molecular formula is C23H31N5O. The summed E-state index contributed by atoms with van der Waals surface area (Å²) in [6.45, 7) is 5.40. The van der Waals surface area contributed by atoms with E-state index in [-0.39, 0.29) is 0 Å². The summed E-state index contributed by atoms with van der Waals surface area (Å²) in [6.07, 6.45) is 11.7. The Morgan fingerprint density at radius 3 is 2.90 bits per heavy atom. The van der Waals surface area contributed by atoms with Gasteiger partial charge < -0.3 is 14.3 Å². The summed E-state index contributed by atoms with van der Waals surface area (Å²) in [5.74, 6) is 2.08.